The van der Waals surface area contributed by atoms with Crippen LogP contribution in [0.2, 0.25) is 0 Å². The van der Waals surface area contributed by atoms with Gasteiger partial charge in [-0.2, -0.15) is 24.7 Å². The Morgan fingerprint density at radius 1 is 1.24 bits per heavy atom. The van der Waals surface area contributed by atoms with Gasteiger partial charge in [0.2, 0.25) is 11.9 Å². The lowest BCUT2D eigenvalue weighted by atomic mass is 10.2. The summed E-state index contributed by atoms with van der Waals surface area (Å²) in [5.74, 6) is 1.27. The van der Waals surface area contributed by atoms with Gasteiger partial charge in [-0.25, -0.2) is 4.98 Å². The van der Waals surface area contributed by atoms with Crippen molar-refractivity contribution in [1.82, 2.24) is 29.7 Å². The van der Waals surface area contributed by atoms with Crippen LogP contribution in [-0.4, -0.2) is 53.5 Å². The van der Waals surface area contributed by atoms with Gasteiger partial charge < -0.3 is 15.7 Å². The third kappa shape index (κ3) is 4.35. The molecule has 21 heavy (non-hydrogen) atoms. The molecule has 0 bridgehead atoms. The van der Waals surface area contributed by atoms with E-state index in [-0.39, 0.29) is 6.04 Å². The summed E-state index contributed by atoms with van der Waals surface area (Å²) in [6, 6.07) is 0.0328. The molecule has 2 unspecified atom stereocenters. The lowest BCUT2D eigenvalue weighted by Gasteiger charge is -2.16. The fraction of sp³-hybridized carbons (Fsp3) is 0.583. The van der Waals surface area contributed by atoms with Crippen LogP contribution >= 0.6 is 0 Å². The Kier molecular flexibility index (Phi) is 4.99. The van der Waals surface area contributed by atoms with Crippen molar-refractivity contribution < 1.29 is 5.11 Å². The van der Waals surface area contributed by atoms with E-state index in [4.69, 9.17) is 0 Å². The molecular weight excluding hydrogens is 272 g/mol. The average molecular weight is 292 g/mol. The van der Waals surface area contributed by atoms with Gasteiger partial charge in [0.05, 0.1) is 6.10 Å². The number of aliphatic hydroxyl groups excluding tert-OH is 1. The predicted molar refractivity (Wildman–Crippen MR) is 78.3 cm³/mol. The first-order chi connectivity index (χ1) is 10.1. The summed E-state index contributed by atoms with van der Waals surface area (Å²) in [4.78, 5) is 16.8. The van der Waals surface area contributed by atoms with Crippen LogP contribution in [0.15, 0.2) is 12.7 Å². The van der Waals surface area contributed by atoms with Gasteiger partial charge in [0.1, 0.15) is 12.7 Å². The number of hydrogen-bond acceptors (Lipinski definition) is 8. The van der Waals surface area contributed by atoms with E-state index in [1.165, 1.54) is 17.3 Å². The quantitative estimate of drug-likeness (QED) is 0.674. The van der Waals surface area contributed by atoms with Crippen molar-refractivity contribution in [3.8, 4) is 5.95 Å². The summed E-state index contributed by atoms with van der Waals surface area (Å²) >= 11 is 0. The van der Waals surface area contributed by atoms with Crippen LogP contribution in [0.1, 0.15) is 27.2 Å². The molecule has 0 amide bonds. The summed E-state index contributed by atoms with van der Waals surface area (Å²) in [5, 5.41) is 19.6. The summed E-state index contributed by atoms with van der Waals surface area (Å²) in [6.45, 7) is 6.36. The molecule has 2 rings (SSSR count). The van der Waals surface area contributed by atoms with E-state index in [1.807, 2.05) is 13.8 Å². The number of aliphatic hydroxyl groups is 1. The van der Waals surface area contributed by atoms with Crippen molar-refractivity contribution >= 4 is 11.9 Å². The van der Waals surface area contributed by atoms with Gasteiger partial charge in [0.15, 0.2) is 0 Å². The maximum atomic E-state index is 9.42. The summed E-state index contributed by atoms with van der Waals surface area (Å²) in [7, 11) is 0. The third-order valence-corrected chi connectivity index (χ3v) is 2.65. The van der Waals surface area contributed by atoms with Gasteiger partial charge >= 0.3 is 0 Å². The highest BCUT2D eigenvalue weighted by Crippen LogP contribution is 2.11. The maximum Gasteiger partial charge on any atom is 0.258 e. The van der Waals surface area contributed by atoms with Crippen molar-refractivity contribution in [3.05, 3.63) is 12.7 Å². The number of nitrogens with zero attached hydrogens (tertiary/aromatic N) is 6. The van der Waals surface area contributed by atoms with E-state index in [1.54, 1.807) is 6.92 Å². The molecule has 0 aliphatic rings. The molecule has 9 nitrogen and oxygen atoms in total. The lowest BCUT2D eigenvalue weighted by molar-refractivity contribution is 0.179. The van der Waals surface area contributed by atoms with E-state index in [0.29, 0.717) is 30.8 Å². The zero-order valence-corrected chi connectivity index (χ0v) is 12.4. The zero-order chi connectivity index (χ0) is 15.2. The molecule has 2 atom stereocenters. The minimum absolute atomic E-state index is 0.0328. The topological polar surface area (TPSA) is 114 Å². The molecule has 0 saturated heterocycles. The predicted octanol–water partition coefficient (Wildman–Crippen LogP) is 0.455. The molecule has 0 aliphatic carbocycles. The van der Waals surface area contributed by atoms with Gasteiger partial charge in [0.25, 0.3) is 5.95 Å². The van der Waals surface area contributed by atoms with Gasteiger partial charge in [-0.1, -0.05) is 0 Å². The Morgan fingerprint density at radius 2 is 2.00 bits per heavy atom. The highest BCUT2D eigenvalue weighted by molar-refractivity contribution is 5.38. The van der Waals surface area contributed by atoms with Crippen molar-refractivity contribution in [2.75, 3.05) is 17.2 Å². The van der Waals surface area contributed by atoms with E-state index >= 15 is 0 Å². The van der Waals surface area contributed by atoms with Crippen LogP contribution in [0.5, 0.6) is 0 Å². The molecule has 0 aromatic carbocycles. The Balaban J connectivity index is 2.23. The van der Waals surface area contributed by atoms with Crippen molar-refractivity contribution in [2.45, 2.75) is 39.3 Å². The second-order valence-electron chi connectivity index (χ2n) is 4.78. The molecule has 2 aromatic heterocycles. The molecule has 114 valence electrons. The molecule has 0 radical (unpaired) electrons. The number of rotatable bonds is 7. The number of anilines is 2. The monoisotopic (exact) mass is 292 g/mol. The van der Waals surface area contributed by atoms with Gasteiger partial charge in [-0.3, -0.25) is 0 Å². The molecule has 0 aliphatic heterocycles. The first-order valence-electron chi connectivity index (χ1n) is 6.88. The van der Waals surface area contributed by atoms with E-state index in [0.717, 1.165) is 0 Å². The fourth-order valence-electron chi connectivity index (χ4n) is 1.87. The third-order valence-electron chi connectivity index (χ3n) is 2.65. The minimum atomic E-state index is -0.391. The summed E-state index contributed by atoms with van der Waals surface area (Å²) in [6.07, 6.45) is 3.15. The molecular formula is C12H20N8O. The first-order valence-corrected chi connectivity index (χ1v) is 6.88. The SMILES string of the molecule is CCNc1nc(NC(C)CC(C)O)nc(-n2cncn2)n1. The molecule has 9 heteroatoms. The van der Waals surface area contributed by atoms with Crippen LogP contribution in [-0.2, 0) is 0 Å². The summed E-state index contributed by atoms with van der Waals surface area (Å²) in [5.41, 5.74) is 0. The molecule has 2 aromatic rings. The number of hydrogen-bond donors (Lipinski definition) is 3. The Bertz CT molecular complexity index is 556. The van der Waals surface area contributed by atoms with E-state index < -0.39 is 6.10 Å². The Hall–Kier alpha value is -2.29. The van der Waals surface area contributed by atoms with E-state index in [2.05, 4.69) is 35.7 Å². The maximum absolute atomic E-state index is 9.42. The number of aromatic nitrogens is 6. The lowest BCUT2D eigenvalue weighted by Crippen LogP contribution is -2.23. The van der Waals surface area contributed by atoms with Crippen LogP contribution in [0.3, 0.4) is 0 Å². The molecule has 0 spiro atoms. The first kappa shape index (κ1) is 15.1. The Morgan fingerprint density at radius 3 is 2.62 bits per heavy atom. The summed E-state index contributed by atoms with van der Waals surface area (Å²) < 4.78 is 1.47. The van der Waals surface area contributed by atoms with Crippen LogP contribution in [0.4, 0.5) is 11.9 Å². The normalized spacial score (nSPS) is 13.7. The molecule has 0 saturated carbocycles. The van der Waals surface area contributed by atoms with Crippen molar-refractivity contribution in [2.24, 2.45) is 0 Å². The van der Waals surface area contributed by atoms with E-state index in [9.17, 15) is 5.11 Å². The second-order valence-corrected chi connectivity index (χ2v) is 4.78. The smallest absolute Gasteiger partial charge is 0.258 e. The van der Waals surface area contributed by atoms with Crippen LogP contribution in [0, 0.1) is 0 Å². The fourth-order valence-corrected chi connectivity index (χ4v) is 1.87. The number of nitrogens with one attached hydrogen (secondary N) is 2. The second kappa shape index (κ2) is 6.93. The average Bonchev–Trinajstić information content (AvgIpc) is 2.91. The van der Waals surface area contributed by atoms with Gasteiger partial charge in [0, 0.05) is 12.6 Å². The minimum Gasteiger partial charge on any atom is -0.393 e. The van der Waals surface area contributed by atoms with Crippen molar-refractivity contribution in [1.29, 1.82) is 0 Å². The highest BCUT2D eigenvalue weighted by atomic mass is 16.3. The Labute approximate surface area is 122 Å². The molecule has 0 fully saturated rings. The van der Waals surface area contributed by atoms with Crippen LogP contribution in [0.25, 0.3) is 5.95 Å². The highest BCUT2D eigenvalue weighted by Gasteiger charge is 2.12. The molecule has 3 N–H and O–H groups in total. The zero-order valence-electron chi connectivity index (χ0n) is 12.4. The van der Waals surface area contributed by atoms with Crippen molar-refractivity contribution in [3.63, 3.8) is 0 Å². The largest absolute Gasteiger partial charge is 0.393 e. The van der Waals surface area contributed by atoms with Crippen LogP contribution < -0.4 is 10.6 Å². The van der Waals surface area contributed by atoms with Gasteiger partial charge in [-0.15, -0.1) is 0 Å². The molecule has 2 heterocycles. The van der Waals surface area contributed by atoms with Gasteiger partial charge in [-0.05, 0) is 27.2 Å². The standard InChI is InChI=1S/C12H20N8O/c1-4-14-10-17-11(16-8(2)5-9(3)21)19-12(18-10)20-7-13-6-15-20/h6-9,21H,4-5H2,1-3H3,(H2,14,16,17,18,19).